The predicted molar refractivity (Wildman–Crippen MR) is 91.4 cm³/mol. The Morgan fingerprint density at radius 2 is 1.76 bits per heavy atom. The lowest BCUT2D eigenvalue weighted by Crippen LogP contribution is -2.05. The van der Waals surface area contributed by atoms with E-state index in [0.717, 1.165) is 17.7 Å². The molecule has 0 aromatic heterocycles. The summed E-state index contributed by atoms with van der Waals surface area (Å²) < 4.78 is 11.1. The van der Waals surface area contributed by atoms with Crippen LogP contribution in [0.15, 0.2) is 36.4 Å². The van der Waals surface area contributed by atoms with Gasteiger partial charge in [-0.25, -0.2) is 4.57 Å². The van der Waals surface area contributed by atoms with Gasteiger partial charge in [0.25, 0.3) is 0 Å². The van der Waals surface area contributed by atoms with Crippen LogP contribution < -0.4 is 5.09 Å². The molecule has 0 amide bonds. The zero-order chi connectivity index (χ0) is 18.6. The summed E-state index contributed by atoms with van der Waals surface area (Å²) in [5.41, 5.74) is 0.531. The van der Waals surface area contributed by atoms with Crippen LogP contribution in [-0.2, 0) is 11.0 Å². The van der Waals surface area contributed by atoms with Gasteiger partial charge in [-0.2, -0.15) is 0 Å². The average molecular weight is 369 g/mol. The molecule has 0 radical (unpaired) electrons. The molecule has 0 aliphatic rings. The van der Waals surface area contributed by atoms with E-state index in [1.165, 1.54) is 0 Å². The van der Waals surface area contributed by atoms with Crippen LogP contribution in [0.2, 0.25) is 0 Å². The number of rotatable bonds is 7. The van der Waals surface area contributed by atoms with E-state index in [2.05, 4.69) is 0 Å². The topological polar surface area (TPSA) is 150 Å². The van der Waals surface area contributed by atoms with E-state index in [-0.39, 0.29) is 23.4 Å². The van der Waals surface area contributed by atoms with Crippen LogP contribution in [0.1, 0.15) is 30.1 Å². The molecule has 0 bridgehead atoms. The molecule has 0 aliphatic heterocycles. The zero-order valence-electron chi connectivity index (χ0n) is 13.2. The van der Waals surface area contributed by atoms with Gasteiger partial charge in [0.2, 0.25) is 0 Å². The summed E-state index contributed by atoms with van der Waals surface area (Å²) in [6, 6.07) is 8.68. The van der Waals surface area contributed by atoms with Crippen molar-refractivity contribution in [1.82, 2.24) is 0 Å². The van der Waals surface area contributed by atoms with Gasteiger partial charge in [0, 0.05) is 17.7 Å². The van der Waals surface area contributed by atoms with Gasteiger partial charge in [-0.1, -0.05) is 12.1 Å². The minimum Gasteiger partial charge on any atom is -0.508 e. The molecule has 136 valence electrons. The summed E-state index contributed by atoms with van der Waals surface area (Å²) >= 11 is 0. The fraction of sp³-hybridized carbons (Fsp3) is 0.250. The second-order valence-corrected chi connectivity index (χ2v) is 6.97. The lowest BCUT2D eigenvalue weighted by molar-refractivity contribution is 0.162. The van der Waals surface area contributed by atoms with Crippen LogP contribution in [0.5, 0.6) is 17.2 Å². The summed E-state index contributed by atoms with van der Waals surface area (Å²) in [7, 11) is -4.68. The van der Waals surface area contributed by atoms with Crippen molar-refractivity contribution in [2.45, 2.75) is 25.4 Å². The second-order valence-electron chi connectivity index (χ2n) is 5.66. The molecule has 2 aromatic carbocycles. The van der Waals surface area contributed by atoms with Crippen molar-refractivity contribution >= 4 is 13.4 Å². The minimum atomic E-state index is -4.68. The van der Waals surface area contributed by atoms with E-state index in [1.54, 1.807) is 18.2 Å². The van der Waals surface area contributed by atoms with E-state index >= 15 is 0 Å². The molecule has 0 saturated heterocycles. The number of hydrogen-bond acceptors (Lipinski definition) is 5. The highest BCUT2D eigenvalue weighted by atomic mass is 31.2. The van der Waals surface area contributed by atoms with Crippen molar-refractivity contribution in [3.05, 3.63) is 47.5 Å². The maximum Gasteiger partial charge on any atom is 0.427 e. The second kappa shape index (κ2) is 7.76. The first kappa shape index (κ1) is 19.1. The van der Waals surface area contributed by atoms with Crippen LogP contribution in [0, 0.1) is 0 Å². The monoisotopic (exact) mass is 369 g/mol. The average Bonchev–Trinajstić information content (AvgIpc) is 2.44. The highest BCUT2D eigenvalue weighted by Crippen LogP contribution is 2.43. The van der Waals surface area contributed by atoms with Gasteiger partial charge in [-0.3, -0.25) is 5.09 Å². The molecule has 9 heteroatoms. The summed E-state index contributed by atoms with van der Waals surface area (Å²) in [5, 5.41) is 41.1. The number of benzene rings is 2. The van der Waals surface area contributed by atoms with Crippen LogP contribution in [-0.4, -0.2) is 30.2 Å². The minimum absolute atomic E-state index is 0.1000. The molecule has 0 saturated carbocycles. The first-order chi connectivity index (χ1) is 11.7. The van der Waals surface area contributed by atoms with Crippen molar-refractivity contribution in [1.29, 1.82) is 0 Å². The van der Waals surface area contributed by atoms with Gasteiger partial charge < -0.3 is 30.2 Å². The molecule has 0 spiro atoms. The van der Waals surface area contributed by atoms with E-state index in [1.807, 2.05) is 11.2 Å². The number of phenols is 3. The van der Waals surface area contributed by atoms with Crippen LogP contribution in [0.4, 0.5) is 5.69 Å². The van der Waals surface area contributed by atoms with Crippen LogP contribution in [0.3, 0.4) is 0 Å². The molecule has 0 fully saturated rings. The number of aliphatic hydroxyl groups is 1. The Morgan fingerprint density at radius 3 is 2.40 bits per heavy atom. The highest BCUT2D eigenvalue weighted by molar-refractivity contribution is 7.53. The molecule has 7 N–H and O–H groups in total. The van der Waals surface area contributed by atoms with Crippen molar-refractivity contribution in [2.24, 2.45) is 0 Å². The summed E-state index contributed by atoms with van der Waals surface area (Å²) in [4.78, 5) is 18.1. The number of aliphatic hydroxyl groups excluding tert-OH is 1. The third-order valence-corrected chi connectivity index (χ3v) is 4.13. The Balaban J connectivity index is 2.12. The number of aryl methyl sites for hydroxylation is 1. The SMILES string of the molecule is O=P(O)(O)Nc1cc(O)cc(O)c1C(O)CCCc1cccc(O)c1. The third-order valence-electron chi connectivity index (χ3n) is 3.60. The standard InChI is InChI=1S/C16H20NO7P/c18-11-5-1-3-10(7-11)4-2-6-14(20)16-13(17-25(22,23)24)8-12(19)9-15(16)21/h1,3,5,7-9,14,18-21H,2,4,6H2,(H3,17,22,23,24). The van der Waals surface area contributed by atoms with E-state index in [0.29, 0.717) is 12.8 Å². The van der Waals surface area contributed by atoms with Crippen molar-refractivity contribution in [3.8, 4) is 17.2 Å². The van der Waals surface area contributed by atoms with Crippen molar-refractivity contribution < 1.29 is 34.8 Å². The van der Waals surface area contributed by atoms with E-state index < -0.39 is 25.3 Å². The fourth-order valence-corrected chi connectivity index (χ4v) is 3.08. The van der Waals surface area contributed by atoms with E-state index in [9.17, 15) is 25.0 Å². The number of aromatic hydroxyl groups is 3. The first-order valence-electron chi connectivity index (χ1n) is 7.51. The van der Waals surface area contributed by atoms with Crippen molar-refractivity contribution in [2.75, 3.05) is 5.09 Å². The highest BCUT2D eigenvalue weighted by Gasteiger charge is 2.23. The lowest BCUT2D eigenvalue weighted by Gasteiger charge is -2.19. The van der Waals surface area contributed by atoms with Crippen LogP contribution >= 0.6 is 7.75 Å². The van der Waals surface area contributed by atoms with Gasteiger partial charge in [-0.05, 0) is 37.0 Å². The number of nitrogens with one attached hydrogen (secondary N) is 1. The van der Waals surface area contributed by atoms with Gasteiger partial charge in [0.05, 0.1) is 11.8 Å². The van der Waals surface area contributed by atoms with Gasteiger partial charge in [0.1, 0.15) is 17.2 Å². The van der Waals surface area contributed by atoms with Gasteiger partial charge >= 0.3 is 7.75 Å². The summed E-state index contributed by atoms with van der Waals surface area (Å²) in [5.74, 6) is -0.729. The lowest BCUT2D eigenvalue weighted by atomic mass is 9.99. The molecule has 1 unspecified atom stereocenters. The zero-order valence-corrected chi connectivity index (χ0v) is 14.1. The molecule has 0 aliphatic carbocycles. The Labute approximate surface area is 144 Å². The maximum atomic E-state index is 11.1. The molecule has 8 nitrogen and oxygen atoms in total. The molecular formula is C16H20NO7P. The molecule has 2 rings (SSSR count). The molecular weight excluding hydrogens is 349 g/mol. The van der Waals surface area contributed by atoms with Gasteiger partial charge in [-0.15, -0.1) is 0 Å². The number of anilines is 1. The quantitative estimate of drug-likeness (QED) is 0.368. The molecule has 0 heterocycles. The normalized spacial score (nSPS) is 12.8. The van der Waals surface area contributed by atoms with Crippen molar-refractivity contribution in [3.63, 3.8) is 0 Å². The Bertz CT molecular complexity index is 790. The Hall–Kier alpha value is -2.25. The number of hydrogen-bond donors (Lipinski definition) is 7. The molecule has 2 aromatic rings. The number of phenolic OH excluding ortho intramolecular Hbond substituents is 3. The van der Waals surface area contributed by atoms with Crippen LogP contribution in [0.25, 0.3) is 0 Å². The Morgan fingerprint density at radius 1 is 1.04 bits per heavy atom. The first-order valence-corrected chi connectivity index (χ1v) is 9.12. The fourth-order valence-electron chi connectivity index (χ4n) is 2.58. The van der Waals surface area contributed by atoms with E-state index in [4.69, 9.17) is 9.79 Å². The summed E-state index contributed by atoms with van der Waals surface area (Å²) in [6.07, 6.45) is 0.0577. The molecule has 1 atom stereocenters. The summed E-state index contributed by atoms with van der Waals surface area (Å²) in [6.45, 7) is 0. The maximum absolute atomic E-state index is 11.1. The predicted octanol–water partition coefficient (Wildman–Crippen LogP) is 2.36. The Kier molecular flexibility index (Phi) is 5.92. The third kappa shape index (κ3) is 5.65. The van der Waals surface area contributed by atoms with Gasteiger partial charge in [0.15, 0.2) is 0 Å². The molecule has 25 heavy (non-hydrogen) atoms. The largest absolute Gasteiger partial charge is 0.508 e. The smallest absolute Gasteiger partial charge is 0.427 e.